The van der Waals surface area contributed by atoms with Crippen molar-refractivity contribution >= 4 is 17.5 Å². The Morgan fingerprint density at radius 1 is 1.15 bits per heavy atom. The largest absolute Gasteiger partial charge is 0.344 e. The van der Waals surface area contributed by atoms with Crippen LogP contribution in [-0.2, 0) is 16.6 Å². The van der Waals surface area contributed by atoms with E-state index in [1.165, 1.54) is 9.58 Å². The lowest BCUT2D eigenvalue weighted by Crippen LogP contribution is -3.11. The van der Waals surface area contributed by atoms with Crippen molar-refractivity contribution in [1.29, 1.82) is 0 Å². The minimum atomic E-state index is -0.305. The number of benzene rings is 1. The Morgan fingerprint density at radius 3 is 2.35 bits per heavy atom. The molecule has 2 rings (SSSR count). The van der Waals surface area contributed by atoms with Gasteiger partial charge in [-0.3, -0.25) is 19.1 Å². The van der Waals surface area contributed by atoms with Crippen LogP contribution in [-0.4, -0.2) is 60.3 Å². The third-order valence-corrected chi connectivity index (χ3v) is 4.23. The average Bonchev–Trinajstić information content (AvgIpc) is 2.79. The van der Waals surface area contributed by atoms with E-state index in [9.17, 15) is 14.4 Å². The predicted molar refractivity (Wildman–Crippen MR) is 99.7 cm³/mol. The van der Waals surface area contributed by atoms with E-state index in [1.807, 2.05) is 30.3 Å². The van der Waals surface area contributed by atoms with Gasteiger partial charge in [0.25, 0.3) is 17.4 Å². The van der Waals surface area contributed by atoms with Gasteiger partial charge in [-0.2, -0.15) is 0 Å². The summed E-state index contributed by atoms with van der Waals surface area (Å²) in [5, 5.41) is 2.70. The van der Waals surface area contributed by atoms with E-state index in [2.05, 4.69) is 5.32 Å². The molecule has 1 aromatic carbocycles. The first-order valence-electron chi connectivity index (χ1n) is 8.37. The lowest BCUT2D eigenvalue weighted by Gasteiger charge is -2.16. The molecule has 2 amide bonds. The molecule has 1 aromatic heterocycles. The molecule has 0 aliphatic carbocycles. The van der Waals surface area contributed by atoms with Crippen molar-refractivity contribution in [2.45, 2.75) is 6.92 Å². The summed E-state index contributed by atoms with van der Waals surface area (Å²) >= 11 is 0. The van der Waals surface area contributed by atoms with Gasteiger partial charge in [0.2, 0.25) is 0 Å². The molecule has 2 N–H and O–H groups in total. The number of carbonyl (C=O) groups is 2. The van der Waals surface area contributed by atoms with Gasteiger partial charge in [-0.05, 0) is 19.1 Å². The number of hydrogen-bond donors (Lipinski definition) is 2. The summed E-state index contributed by atoms with van der Waals surface area (Å²) in [4.78, 5) is 39.0. The zero-order chi connectivity index (χ0) is 19.4. The predicted octanol–water partition coefficient (Wildman–Crippen LogP) is -0.974. The van der Waals surface area contributed by atoms with Crippen LogP contribution in [0.2, 0.25) is 0 Å². The Morgan fingerprint density at radius 2 is 1.77 bits per heavy atom. The van der Waals surface area contributed by atoms with Crippen LogP contribution in [0.15, 0.2) is 35.1 Å². The molecule has 0 fully saturated rings. The van der Waals surface area contributed by atoms with Gasteiger partial charge >= 0.3 is 0 Å². The maximum absolute atomic E-state index is 12.8. The van der Waals surface area contributed by atoms with E-state index in [0.29, 0.717) is 5.69 Å². The SMILES string of the molecule is Cc1c(NC(=O)C[NH+](C)CC(=O)N(C)C)c(=O)n(-c2ccccc2)n1C. The quantitative estimate of drug-likeness (QED) is 0.695. The summed E-state index contributed by atoms with van der Waals surface area (Å²) in [6.07, 6.45) is 0. The van der Waals surface area contributed by atoms with Gasteiger partial charge in [0.1, 0.15) is 5.69 Å². The number of rotatable bonds is 6. The van der Waals surface area contributed by atoms with E-state index < -0.39 is 0 Å². The molecular weight excluding hydrogens is 334 g/mol. The molecule has 0 aliphatic rings. The number of quaternary nitrogens is 1. The van der Waals surface area contributed by atoms with Gasteiger partial charge in [0.15, 0.2) is 13.1 Å². The van der Waals surface area contributed by atoms with Crippen LogP contribution in [0.5, 0.6) is 0 Å². The van der Waals surface area contributed by atoms with Crippen molar-refractivity contribution in [2.75, 3.05) is 39.5 Å². The zero-order valence-corrected chi connectivity index (χ0v) is 15.9. The van der Waals surface area contributed by atoms with Gasteiger partial charge in [-0.15, -0.1) is 0 Å². The van der Waals surface area contributed by atoms with E-state index in [-0.39, 0.29) is 36.2 Å². The second-order valence-electron chi connectivity index (χ2n) is 6.58. The summed E-state index contributed by atoms with van der Waals surface area (Å²) in [5.74, 6) is -0.363. The van der Waals surface area contributed by atoms with E-state index >= 15 is 0 Å². The summed E-state index contributed by atoms with van der Waals surface area (Å²) in [5.41, 5.74) is 1.36. The Kier molecular flexibility index (Phi) is 5.99. The summed E-state index contributed by atoms with van der Waals surface area (Å²) < 4.78 is 3.22. The van der Waals surface area contributed by atoms with Crippen molar-refractivity contribution in [3.8, 4) is 5.69 Å². The lowest BCUT2D eigenvalue weighted by molar-refractivity contribution is -0.862. The fourth-order valence-electron chi connectivity index (χ4n) is 2.65. The highest BCUT2D eigenvalue weighted by Crippen LogP contribution is 2.13. The molecule has 0 radical (unpaired) electrons. The molecule has 8 nitrogen and oxygen atoms in total. The van der Waals surface area contributed by atoms with E-state index in [4.69, 9.17) is 0 Å². The molecule has 0 bridgehead atoms. The third-order valence-electron chi connectivity index (χ3n) is 4.23. The monoisotopic (exact) mass is 360 g/mol. The van der Waals surface area contributed by atoms with Crippen LogP contribution in [0.1, 0.15) is 5.69 Å². The fourth-order valence-corrected chi connectivity index (χ4v) is 2.65. The minimum Gasteiger partial charge on any atom is -0.344 e. The fraction of sp³-hybridized carbons (Fsp3) is 0.389. The molecule has 0 spiro atoms. The summed E-state index contributed by atoms with van der Waals surface area (Å²) in [6, 6.07) is 9.24. The second-order valence-corrected chi connectivity index (χ2v) is 6.58. The number of para-hydroxylation sites is 1. The zero-order valence-electron chi connectivity index (χ0n) is 15.9. The topological polar surface area (TPSA) is 80.8 Å². The summed E-state index contributed by atoms with van der Waals surface area (Å²) in [6.45, 7) is 2.09. The number of hydrogen-bond acceptors (Lipinski definition) is 3. The average molecular weight is 360 g/mol. The number of anilines is 1. The lowest BCUT2D eigenvalue weighted by atomic mass is 10.3. The maximum atomic E-state index is 12.8. The smallest absolute Gasteiger partial charge is 0.295 e. The van der Waals surface area contributed by atoms with Crippen LogP contribution >= 0.6 is 0 Å². The van der Waals surface area contributed by atoms with Gasteiger partial charge in [0.05, 0.1) is 18.4 Å². The standard InChI is InChI=1S/C18H25N5O3/c1-13-17(19-15(24)11-21(4)12-16(25)20(2)3)18(26)23(22(13)5)14-9-7-6-8-10-14/h6-10H,11-12H2,1-5H3,(H,19,24)/p+1. The molecule has 1 atom stereocenters. The first-order chi connectivity index (χ1) is 12.2. The number of nitrogens with zero attached hydrogens (tertiary/aromatic N) is 3. The third kappa shape index (κ3) is 4.20. The normalized spacial score (nSPS) is 11.9. The molecule has 0 aliphatic heterocycles. The molecule has 140 valence electrons. The van der Waals surface area contributed by atoms with Crippen molar-refractivity contribution in [3.63, 3.8) is 0 Å². The van der Waals surface area contributed by atoms with E-state index in [1.54, 1.807) is 39.8 Å². The number of amides is 2. The highest BCUT2D eigenvalue weighted by molar-refractivity contribution is 5.92. The van der Waals surface area contributed by atoms with Gasteiger partial charge < -0.3 is 15.1 Å². The van der Waals surface area contributed by atoms with Crippen molar-refractivity contribution in [3.05, 3.63) is 46.4 Å². The van der Waals surface area contributed by atoms with Crippen LogP contribution in [0.3, 0.4) is 0 Å². The second kappa shape index (κ2) is 8.01. The van der Waals surface area contributed by atoms with Crippen LogP contribution in [0.4, 0.5) is 5.69 Å². The Bertz CT molecular complexity index is 852. The molecule has 0 saturated carbocycles. The highest BCUT2D eigenvalue weighted by atomic mass is 16.2. The molecule has 2 aromatic rings. The van der Waals surface area contributed by atoms with E-state index in [0.717, 1.165) is 10.6 Å². The maximum Gasteiger partial charge on any atom is 0.295 e. The molecule has 1 unspecified atom stereocenters. The number of carbonyl (C=O) groups excluding carboxylic acids is 2. The minimum absolute atomic E-state index is 0.0578. The van der Waals surface area contributed by atoms with Gasteiger partial charge in [-0.1, -0.05) is 18.2 Å². The van der Waals surface area contributed by atoms with Gasteiger partial charge in [-0.25, -0.2) is 4.68 Å². The van der Waals surface area contributed by atoms with Gasteiger partial charge in [0, 0.05) is 21.1 Å². The highest BCUT2D eigenvalue weighted by Gasteiger charge is 2.20. The molecule has 0 saturated heterocycles. The number of likely N-dealkylation sites (N-methyl/N-ethyl adjacent to an activating group) is 2. The van der Waals surface area contributed by atoms with Crippen molar-refractivity contribution in [1.82, 2.24) is 14.3 Å². The molecule has 8 heteroatoms. The first-order valence-corrected chi connectivity index (χ1v) is 8.37. The summed E-state index contributed by atoms with van der Waals surface area (Å²) in [7, 11) is 6.89. The van der Waals surface area contributed by atoms with Crippen molar-refractivity contribution in [2.24, 2.45) is 7.05 Å². The Hall–Kier alpha value is -2.87. The van der Waals surface area contributed by atoms with Crippen LogP contribution in [0.25, 0.3) is 5.69 Å². The Labute approximate surface area is 152 Å². The molecular formula is C18H26N5O3+. The molecule has 26 heavy (non-hydrogen) atoms. The number of nitrogens with one attached hydrogen (secondary N) is 2. The first kappa shape index (κ1) is 19.5. The molecule has 1 heterocycles. The Balaban J connectivity index is 2.16. The van der Waals surface area contributed by atoms with Crippen molar-refractivity contribution < 1.29 is 14.5 Å². The van der Waals surface area contributed by atoms with Crippen LogP contribution in [0, 0.1) is 6.92 Å². The van der Waals surface area contributed by atoms with Crippen LogP contribution < -0.4 is 15.8 Å². The number of aromatic nitrogens is 2.